The third-order valence-electron chi connectivity index (χ3n) is 8.72. The average Bonchev–Trinajstić information content (AvgIpc) is 3.43. The highest BCUT2D eigenvalue weighted by Gasteiger charge is 2.30. The van der Waals surface area contributed by atoms with Crippen molar-refractivity contribution < 1.29 is 19.1 Å². The number of amides is 2. The first kappa shape index (κ1) is 33.1. The van der Waals surface area contributed by atoms with Crippen molar-refractivity contribution in [3.8, 4) is 11.1 Å². The van der Waals surface area contributed by atoms with Gasteiger partial charge in [0, 0.05) is 41.6 Å². The summed E-state index contributed by atoms with van der Waals surface area (Å²) in [7, 11) is 0. The normalized spacial score (nSPS) is 13.1. The van der Waals surface area contributed by atoms with Crippen LogP contribution in [-0.4, -0.2) is 36.2 Å². The Labute approximate surface area is 290 Å². The Hall–Kier alpha value is -4.85. The molecule has 1 unspecified atom stereocenters. The molecule has 5 aromatic rings. The van der Waals surface area contributed by atoms with Crippen molar-refractivity contribution in [2.24, 2.45) is 0 Å². The van der Waals surface area contributed by atoms with E-state index in [4.69, 9.17) is 16.3 Å². The van der Waals surface area contributed by atoms with Gasteiger partial charge in [0.25, 0.3) is 0 Å². The summed E-state index contributed by atoms with van der Waals surface area (Å²) in [6.07, 6.45) is -0.661. The lowest BCUT2D eigenvalue weighted by Gasteiger charge is -2.21. The van der Waals surface area contributed by atoms with E-state index < -0.39 is 12.1 Å². The number of hydrogen-bond acceptors (Lipinski definition) is 5. The molecular weight excluding hydrogens is 640 g/mol. The third kappa shape index (κ3) is 7.33. The molecule has 242 valence electrons. The van der Waals surface area contributed by atoms with E-state index in [9.17, 15) is 14.4 Å². The fourth-order valence-electron chi connectivity index (χ4n) is 6.30. The summed E-state index contributed by atoms with van der Waals surface area (Å²) in [5, 5.41) is 6.20. The van der Waals surface area contributed by atoms with Crippen LogP contribution in [0.15, 0.2) is 121 Å². The van der Waals surface area contributed by atoms with Gasteiger partial charge in [-0.25, -0.2) is 4.79 Å². The molecule has 0 fully saturated rings. The van der Waals surface area contributed by atoms with Crippen molar-refractivity contribution in [3.05, 3.63) is 165 Å². The maximum absolute atomic E-state index is 13.5. The van der Waals surface area contributed by atoms with Gasteiger partial charge in [-0.15, -0.1) is 0 Å². The highest BCUT2D eigenvalue weighted by atomic mass is 35.5. The number of benzene rings is 5. The minimum atomic E-state index is -0.863. The van der Waals surface area contributed by atoms with Gasteiger partial charge >= 0.3 is 6.09 Å². The predicted octanol–water partition coefficient (Wildman–Crippen LogP) is 8.18. The van der Waals surface area contributed by atoms with Crippen LogP contribution in [0.25, 0.3) is 11.1 Å². The van der Waals surface area contributed by atoms with Gasteiger partial charge in [0.2, 0.25) is 5.91 Å². The van der Waals surface area contributed by atoms with Crippen LogP contribution >= 0.6 is 24.2 Å². The largest absolute Gasteiger partial charge is 0.449 e. The van der Waals surface area contributed by atoms with E-state index in [1.54, 1.807) is 12.1 Å². The SMILES string of the molecule is CC(=O)NCc1ccc(C(c2ccc(Cl)cc2)c2ccc(C(=O)[C@H](CS)NC(=O)OCC3c4ccccc4-c4ccccc43)cc2)cc1. The van der Waals surface area contributed by atoms with Gasteiger partial charge in [0.05, 0.1) is 0 Å². The number of rotatable bonds is 11. The lowest BCUT2D eigenvalue weighted by Crippen LogP contribution is -2.42. The summed E-state index contributed by atoms with van der Waals surface area (Å²) in [4.78, 5) is 37.9. The summed E-state index contributed by atoms with van der Waals surface area (Å²) in [5.74, 6) is -0.427. The summed E-state index contributed by atoms with van der Waals surface area (Å²) in [5.41, 5.74) is 9.04. The number of ether oxygens (including phenoxy) is 1. The van der Waals surface area contributed by atoms with E-state index in [0.717, 1.165) is 44.5 Å². The van der Waals surface area contributed by atoms with Crippen molar-refractivity contribution >= 4 is 42.0 Å². The van der Waals surface area contributed by atoms with Crippen LogP contribution in [-0.2, 0) is 16.1 Å². The maximum atomic E-state index is 13.5. The molecule has 5 aromatic carbocycles. The summed E-state index contributed by atoms with van der Waals surface area (Å²) < 4.78 is 5.68. The number of thiol groups is 1. The molecule has 1 aliphatic rings. The van der Waals surface area contributed by atoms with Crippen LogP contribution < -0.4 is 10.6 Å². The van der Waals surface area contributed by atoms with Crippen LogP contribution in [0.2, 0.25) is 5.02 Å². The number of halogens is 1. The standard InChI is InChI=1S/C40H35ClN2O4S/c1-25(44)42-22-26-10-12-27(13-11-26)38(29-18-20-31(41)21-19-29)28-14-16-30(17-15-28)39(45)37(24-48)43-40(46)47-23-36-34-8-4-2-6-32(34)33-7-3-5-9-35(33)36/h2-21,36-38,48H,22-24H2,1H3,(H,42,44)(H,43,46)/t37-,38?/m0/s1. The third-order valence-corrected chi connectivity index (χ3v) is 9.34. The topological polar surface area (TPSA) is 84.5 Å². The summed E-state index contributed by atoms with van der Waals surface area (Å²) >= 11 is 10.6. The Kier molecular flexibility index (Phi) is 10.3. The number of Topliss-reactive ketones (excluding diaryl/α,β-unsaturated/α-hetero) is 1. The molecule has 1 aliphatic carbocycles. The van der Waals surface area contributed by atoms with Crippen molar-refractivity contribution in [2.75, 3.05) is 12.4 Å². The predicted molar refractivity (Wildman–Crippen MR) is 193 cm³/mol. The first-order chi connectivity index (χ1) is 23.3. The number of alkyl carbamates (subject to hydrolysis) is 1. The molecule has 0 radical (unpaired) electrons. The Balaban J connectivity index is 1.15. The number of ketones is 1. The quantitative estimate of drug-likeness (QED) is 0.0750. The molecule has 0 saturated heterocycles. The summed E-state index contributed by atoms with van der Waals surface area (Å²) in [6.45, 7) is 2.10. The molecule has 6 nitrogen and oxygen atoms in total. The first-order valence-electron chi connectivity index (χ1n) is 15.8. The Bertz CT molecular complexity index is 1880. The van der Waals surface area contributed by atoms with E-state index in [2.05, 4.69) is 47.5 Å². The van der Waals surface area contributed by atoms with E-state index in [1.165, 1.54) is 6.92 Å². The van der Waals surface area contributed by atoms with Gasteiger partial charge in [-0.1, -0.05) is 121 Å². The Morgan fingerprint density at radius 2 is 1.27 bits per heavy atom. The van der Waals surface area contributed by atoms with Gasteiger partial charge < -0.3 is 15.4 Å². The lowest BCUT2D eigenvalue weighted by molar-refractivity contribution is -0.119. The molecule has 0 heterocycles. The highest BCUT2D eigenvalue weighted by molar-refractivity contribution is 7.80. The van der Waals surface area contributed by atoms with Crippen molar-refractivity contribution in [3.63, 3.8) is 0 Å². The average molecular weight is 675 g/mol. The van der Waals surface area contributed by atoms with Crippen molar-refractivity contribution in [1.82, 2.24) is 10.6 Å². The number of carbonyl (C=O) groups excluding carboxylic acids is 3. The van der Waals surface area contributed by atoms with Gasteiger partial charge in [-0.05, 0) is 56.6 Å². The zero-order valence-electron chi connectivity index (χ0n) is 26.4. The molecule has 0 bridgehead atoms. The van der Waals surface area contributed by atoms with Gasteiger partial charge in [0.1, 0.15) is 12.6 Å². The Morgan fingerprint density at radius 3 is 1.81 bits per heavy atom. The van der Waals surface area contributed by atoms with E-state index in [0.29, 0.717) is 17.1 Å². The van der Waals surface area contributed by atoms with E-state index >= 15 is 0 Å². The van der Waals surface area contributed by atoms with Crippen molar-refractivity contribution in [1.29, 1.82) is 0 Å². The maximum Gasteiger partial charge on any atom is 0.407 e. The van der Waals surface area contributed by atoms with Crippen LogP contribution in [0.5, 0.6) is 0 Å². The number of hydrogen-bond donors (Lipinski definition) is 3. The molecular formula is C40H35ClN2O4S. The second kappa shape index (κ2) is 14.9. The zero-order chi connectivity index (χ0) is 33.6. The minimum Gasteiger partial charge on any atom is -0.449 e. The molecule has 0 aromatic heterocycles. The second-order valence-electron chi connectivity index (χ2n) is 11.8. The minimum absolute atomic E-state index is 0.0807. The van der Waals surface area contributed by atoms with Crippen molar-refractivity contribution in [2.45, 2.75) is 31.3 Å². The lowest BCUT2D eigenvalue weighted by atomic mass is 9.84. The first-order valence-corrected chi connectivity index (χ1v) is 16.8. The molecule has 8 heteroatoms. The van der Waals surface area contributed by atoms with E-state index in [-0.39, 0.29) is 35.9 Å². The molecule has 6 rings (SSSR count). The fraction of sp³-hybridized carbons (Fsp3) is 0.175. The second-order valence-corrected chi connectivity index (χ2v) is 12.6. The molecule has 48 heavy (non-hydrogen) atoms. The smallest absolute Gasteiger partial charge is 0.407 e. The van der Waals surface area contributed by atoms with Crippen LogP contribution in [0.1, 0.15) is 62.5 Å². The van der Waals surface area contributed by atoms with Gasteiger partial charge in [0.15, 0.2) is 5.78 Å². The van der Waals surface area contributed by atoms with Gasteiger partial charge in [-0.3, -0.25) is 9.59 Å². The van der Waals surface area contributed by atoms with Crippen LogP contribution in [0.4, 0.5) is 4.79 Å². The van der Waals surface area contributed by atoms with Crippen LogP contribution in [0.3, 0.4) is 0 Å². The van der Waals surface area contributed by atoms with Gasteiger partial charge in [-0.2, -0.15) is 12.6 Å². The zero-order valence-corrected chi connectivity index (χ0v) is 28.0. The summed E-state index contributed by atoms with van der Waals surface area (Å²) in [6, 6.07) is 38.6. The molecule has 0 saturated carbocycles. The highest BCUT2D eigenvalue weighted by Crippen LogP contribution is 2.44. The number of nitrogens with one attached hydrogen (secondary N) is 2. The Morgan fingerprint density at radius 1 is 0.750 bits per heavy atom. The monoisotopic (exact) mass is 674 g/mol. The number of carbonyl (C=O) groups is 3. The molecule has 2 atom stereocenters. The fourth-order valence-corrected chi connectivity index (χ4v) is 6.69. The number of fused-ring (bicyclic) bond motifs is 3. The van der Waals surface area contributed by atoms with Crippen LogP contribution in [0, 0.1) is 0 Å². The molecule has 2 amide bonds. The molecule has 0 aliphatic heterocycles. The molecule has 2 N–H and O–H groups in total. The van der Waals surface area contributed by atoms with E-state index in [1.807, 2.05) is 84.9 Å². The molecule has 0 spiro atoms.